The van der Waals surface area contributed by atoms with Crippen molar-refractivity contribution in [2.75, 3.05) is 42.6 Å². The first kappa shape index (κ1) is 17.8. The van der Waals surface area contributed by atoms with Gasteiger partial charge in [-0.1, -0.05) is 11.3 Å². The van der Waals surface area contributed by atoms with Gasteiger partial charge in [0.25, 0.3) is 0 Å². The van der Waals surface area contributed by atoms with Crippen LogP contribution >= 0.6 is 11.3 Å². The number of aromatic nitrogens is 1. The zero-order valence-electron chi connectivity index (χ0n) is 14.4. The highest BCUT2D eigenvalue weighted by Crippen LogP contribution is 2.33. The second-order valence-corrected chi connectivity index (χ2v) is 7.32. The molecule has 0 atom stereocenters. The zero-order chi connectivity index (χ0) is 19.0. The smallest absolute Gasteiger partial charge is 0.233 e. The Kier molecular flexibility index (Phi) is 4.76. The van der Waals surface area contributed by atoms with Gasteiger partial charge in [0.1, 0.15) is 22.6 Å². The van der Waals surface area contributed by atoms with E-state index in [9.17, 15) is 18.8 Å². The number of nitriles is 1. The molecular formula is C18H16F2N4O2S. The summed E-state index contributed by atoms with van der Waals surface area (Å²) in [6.45, 7) is 2.85. The van der Waals surface area contributed by atoms with Gasteiger partial charge in [0.05, 0.1) is 31.0 Å². The lowest BCUT2D eigenvalue weighted by Crippen LogP contribution is -2.36. The maximum atomic E-state index is 13.9. The van der Waals surface area contributed by atoms with Crippen LogP contribution in [0, 0.1) is 23.0 Å². The molecule has 2 aromatic rings. The number of ether oxygens (including phenoxy) is 1. The fourth-order valence-corrected chi connectivity index (χ4v) is 4.29. The number of thiazole rings is 1. The van der Waals surface area contributed by atoms with E-state index in [2.05, 4.69) is 11.1 Å². The molecule has 0 spiro atoms. The standard InChI is InChI=1S/C18H16F2N4O2S/c19-11-7-13(20)12-1-2-24(15(12)8-11)17(25)9-14-16(10-21)27-18(22-14)23-3-5-26-6-4-23/h7-8H,1-6,9H2. The summed E-state index contributed by atoms with van der Waals surface area (Å²) in [5.41, 5.74) is 1.01. The van der Waals surface area contributed by atoms with Crippen molar-refractivity contribution < 1.29 is 18.3 Å². The number of benzene rings is 1. The van der Waals surface area contributed by atoms with E-state index in [1.54, 1.807) is 0 Å². The maximum absolute atomic E-state index is 13.9. The SMILES string of the molecule is N#Cc1sc(N2CCOCC2)nc1CC(=O)N1CCc2c(F)cc(F)cc21. The number of halogens is 2. The van der Waals surface area contributed by atoms with E-state index < -0.39 is 11.6 Å². The largest absolute Gasteiger partial charge is 0.378 e. The Morgan fingerprint density at radius 3 is 2.81 bits per heavy atom. The summed E-state index contributed by atoms with van der Waals surface area (Å²) in [5, 5.41) is 10.1. The number of carbonyl (C=O) groups excluding carboxylic acids is 1. The summed E-state index contributed by atoms with van der Waals surface area (Å²) in [6.07, 6.45) is 0.260. The monoisotopic (exact) mass is 390 g/mol. The van der Waals surface area contributed by atoms with Crippen molar-refractivity contribution in [2.45, 2.75) is 12.8 Å². The average Bonchev–Trinajstić information content (AvgIpc) is 3.26. The first-order chi connectivity index (χ1) is 13.1. The van der Waals surface area contributed by atoms with Crippen LogP contribution in [0.15, 0.2) is 12.1 Å². The van der Waals surface area contributed by atoms with Crippen molar-refractivity contribution in [1.82, 2.24) is 4.98 Å². The van der Waals surface area contributed by atoms with E-state index in [0.717, 1.165) is 6.07 Å². The topological polar surface area (TPSA) is 69.5 Å². The number of hydrogen-bond acceptors (Lipinski definition) is 6. The Bertz CT molecular complexity index is 934. The zero-order valence-corrected chi connectivity index (χ0v) is 15.2. The molecule has 0 saturated carbocycles. The molecule has 0 bridgehead atoms. The maximum Gasteiger partial charge on any atom is 0.233 e. The second-order valence-electron chi connectivity index (χ2n) is 6.34. The number of hydrogen-bond donors (Lipinski definition) is 0. The van der Waals surface area contributed by atoms with Crippen molar-refractivity contribution in [1.29, 1.82) is 5.26 Å². The van der Waals surface area contributed by atoms with Gasteiger partial charge in [-0.15, -0.1) is 0 Å². The van der Waals surface area contributed by atoms with E-state index in [-0.39, 0.29) is 24.6 Å². The average molecular weight is 390 g/mol. The number of anilines is 2. The summed E-state index contributed by atoms with van der Waals surface area (Å²) < 4.78 is 32.8. The minimum atomic E-state index is -0.716. The van der Waals surface area contributed by atoms with Gasteiger partial charge in [-0.2, -0.15) is 5.26 Å². The molecule has 3 heterocycles. The van der Waals surface area contributed by atoms with Gasteiger partial charge in [-0.25, -0.2) is 13.8 Å². The van der Waals surface area contributed by atoms with Gasteiger partial charge >= 0.3 is 0 Å². The molecule has 9 heteroatoms. The highest BCUT2D eigenvalue weighted by Gasteiger charge is 2.29. The number of fused-ring (bicyclic) bond motifs is 1. The minimum absolute atomic E-state index is 0.0820. The molecule has 6 nitrogen and oxygen atoms in total. The van der Waals surface area contributed by atoms with Crippen LogP contribution in [0.1, 0.15) is 16.1 Å². The molecular weight excluding hydrogens is 374 g/mol. The molecule has 27 heavy (non-hydrogen) atoms. The number of nitrogens with zero attached hydrogens (tertiary/aromatic N) is 4. The third kappa shape index (κ3) is 3.38. The lowest BCUT2D eigenvalue weighted by Gasteiger charge is -2.26. The predicted molar refractivity (Wildman–Crippen MR) is 96.0 cm³/mol. The first-order valence-electron chi connectivity index (χ1n) is 8.57. The van der Waals surface area contributed by atoms with Crippen LogP contribution in [0.5, 0.6) is 0 Å². The summed E-state index contributed by atoms with van der Waals surface area (Å²) in [4.78, 5) is 21.0. The molecule has 2 aliphatic heterocycles. The third-order valence-electron chi connectivity index (χ3n) is 4.70. The Balaban J connectivity index is 1.56. The van der Waals surface area contributed by atoms with Gasteiger partial charge < -0.3 is 14.5 Å². The Morgan fingerprint density at radius 1 is 1.30 bits per heavy atom. The van der Waals surface area contributed by atoms with Crippen molar-refractivity contribution in [2.24, 2.45) is 0 Å². The van der Waals surface area contributed by atoms with E-state index in [0.29, 0.717) is 54.0 Å². The summed E-state index contributed by atoms with van der Waals surface area (Å²) >= 11 is 1.25. The molecule has 140 valence electrons. The summed E-state index contributed by atoms with van der Waals surface area (Å²) in [7, 11) is 0. The fraction of sp³-hybridized carbons (Fsp3) is 0.389. The van der Waals surface area contributed by atoms with Crippen LogP contribution in [0.3, 0.4) is 0 Å². The van der Waals surface area contributed by atoms with Crippen LogP contribution in [0.4, 0.5) is 19.6 Å². The van der Waals surface area contributed by atoms with Gasteiger partial charge in [0.15, 0.2) is 5.13 Å². The number of rotatable bonds is 3. The third-order valence-corrected chi connectivity index (χ3v) is 5.76. The van der Waals surface area contributed by atoms with E-state index in [4.69, 9.17) is 4.74 Å². The van der Waals surface area contributed by atoms with Gasteiger partial charge in [0.2, 0.25) is 5.91 Å². The Labute approximate surface area is 158 Å². The van der Waals surface area contributed by atoms with Crippen molar-refractivity contribution >= 4 is 28.1 Å². The van der Waals surface area contributed by atoms with Crippen molar-refractivity contribution in [3.8, 4) is 6.07 Å². The van der Waals surface area contributed by atoms with Crippen LogP contribution < -0.4 is 9.80 Å². The molecule has 4 rings (SSSR count). The van der Waals surface area contributed by atoms with Crippen molar-refractivity contribution in [3.63, 3.8) is 0 Å². The summed E-state index contributed by atoms with van der Waals surface area (Å²) in [6, 6.07) is 4.10. The van der Waals surface area contributed by atoms with Crippen LogP contribution in [-0.2, 0) is 22.4 Å². The Morgan fingerprint density at radius 2 is 2.07 bits per heavy atom. The molecule has 0 radical (unpaired) electrons. The highest BCUT2D eigenvalue weighted by atomic mass is 32.1. The van der Waals surface area contributed by atoms with Crippen molar-refractivity contribution in [3.05, 3.63) is 39.9 Å². The molecule has 1 saturated heterocycles. The van der Waals surface area contributed by atoms with E-state index >= 15 is 0 Å². The molecule has 0 N–H and O–H groups in total. The Hall–Kier alpha value is -2.57. The normalized spacial score (nSPS) is 16.3. The van der Waals surface area contributed by atoms with E-state index in [1.165, 1.54) is 22.3 Å². The number of morpholine rings is 1. The van der Waals surface area contributed by atoms with Gasteiger partial charge in [0, 0.05) is 31.3 Å². The summed E-state index contributed by atoms with van der Waals surface area (Å²) in [5.74, 6) is -1.68. The molecule has 1 aromatic heterocycles. The molecule has 1 fully saturated rings. The molecule has 0 aliphatic carbocycles. The number of amides is 1. The van der Waals surface area contributed by atoms with Crippen LogP contribution in [0.2, 0.25) is 0 Å². The van der Waals surface area contributed by atoms with Gasteiger partial charge in [-0.3, -0.25) is 4.79 Å². The lowest BCUT2D eigenvalue weighted by molar-refractivity contribution is -0.117. The molecule has 0 unspecified atom stereocenters. The number of carbonyl (C=O) groups is 1. The lowest BCUT2D eigenvalue weighted by atomic mass is 10.1. The van der Waals surface area contributed by atoms with E-state index in [1.807, 2.05) is 4.90 Å². The van der Waals surface area contributed by atoms with Crippen LogP contribution in [-0.4, -0.2) is 43.7 Å². The molecule has 1 amide bonds. The van der Waals surface area contributed by atoms with Gasteiger partial charge in [-0.05, 0) is 12.5 Å². The minimum Gasteiger partial charge on any atom is -0.378 e. The quantitative estimate of drug-likeness (QED) is 0.804. The highest BCUT2D eigenvalue weighted by molar-refractivity contribution is 7.16. The first-order valence-corrected chi connectivity index (χ1v) is 9.39. The predicted octanol–water partition coefficient (Wildman–Crippen LogP) is 2.26. The fourth-order valence-electron chi connectivity index (χ4n) is 3.36. The molecule has 2 aliphatic rings. The van der Waals surface area contributed by atoms with Crippen LogP contribution in [0.25, 0.3) is 0 Å². The second kappa shape index (κ2) is 7.21. The molecule has 1 aromatic carbocycles.